The van der Waals surface area contributed by atoms with E-state index in [4.69, 9.17) is 10.3 Å². The van der Waals surface area contributed by atoms with Crippen LogP contribution in [-0.4, -0.2) is 10.1 Å². The van der Waals surface area contributed by atoms with Crippen LogP contribution in [0.2, 0.25) is 0 Å². The van der Waals surface area contributed by atoms with Crippen molar-refractivity contribution >= 4 is 5.88 Å². The summed E-state index contributed by atoms with van der Waals surface area (Å²) in [6, 6.07) is 5.88. The van der Waals surface area contributed by atoms with Gasteiger partial charge in [0.05, 0.1) is 17.0 Å². The molecule has 3 saturated carbocycles. The Labute approximate surface area is 117 Å². The summed E-state index contributed by atoms with van der Waals surface area (Å²) in [6.07, 6.45) is 6.06. The Morgan fingerprint density at radius 3 is 2.65 bits per heavy atom. The van der Waals surface area contributed by atoms with E-state index in [0.29, 0.717) is 11.8 Å². The number of nitrogen functional groups attached to an aromatic ring is 1. The van der Waals surface area contributed by atoms with Crippen LogP contribution in [-0.2, 0) is 0 Å². The van der Waals surface area contributed by atoms with Gasteiger partial charge in [-0.2, -0.15) is 0 Å². The van der Waals surface area contributed by atoms with Crippen molar-refractivity contribution < 1.29 is 4.52 Å². The van der Waals surface area contributed by atoms with Gasteiger partial charge in [0, 0.05) is 12.1 Å². The highest BCUT2D eigenvalue weighted by Gasteiger charge is 2.66. The maximum atomic E-state index is 6.01. The Balaban J connectivity index is 1.58. The van der Waals surface area contributed by atoms with Gasteiger partial charge < -0.3 is 10.3 Å². The molecule has 0 spiro atoms. The number of pyridine rings is 1. The Bertz CT molecular complexity index is 650. The zero-order valence-electron chi connectivity index (χ0n) is 11.2. The van der Waals surface area contributed by atoms with Crippen LogP contribution in [0, 0.1) is 23.7 Å². The number of nitrogens with zero attached hydrogens (tertiary/aromatic N) is 2. The molecule has 4 nitrogen and oxygen atoms in total. The van der Waals surface area contributed by atoms with E-state index in [9.17, 15) is 0 Å². The van der Waals surface area contributed by atoms with Gasteiger partial charge in [-0.25, -0.2) is 0 Å². The molecule has 2 N–H and O–H groups in total. The van der Waals surface area contributed by atoms with Crippen LogP contribution in [0.3, 0.4) is 0 Å². The van der Waals surface area contributed by atoms with Crippen molar-refractivity contribution in [1.82, 2.24) is 10.1 Å². The molecule has 102 valence electrons. The molecule has 3 aliphatic carbocycles. The third-order valence-corrected chi connectivity index (χ3v) is 5.72. The molecule has 2 aromatic heterocycles. The second kappa shape index (κ2) is 3.62. The van der Waals surface area contributed by atoms with Gasteiger partial charge in [-0.3, -0.25) is 4.98 Å². The summed E-state index contributed by atoms with van der Waals surface area (Å²) in [7, 11) is 0. The highest BCUT2D eigenvalue weighted by atomic mass is 16.5. The maximum Gasteiger partial charge on any atom is 0.231 e. The van der Waals surface area contributed by atoms with Crippen molar-refractivity contribution in [3.8, 4) is 11.3 Å². The molecule has 0 aromatic carbocycles. The van der Waals surface area contributed by atoms with Crippen LogP contribution in [0.4, 0.5) is 5.88 Å². The molecule has 5 rings (SSSR count). The number of hydrogen-bond donors (Lipinski definition) is 1. The smallest absolute Gasteiger partial charge is 0.231 e. The van der Waals surface area contributed by atoms with Crippen molar-refractivity contribution in [2.24, 2.45) is 23.7 Å². The van der Waals surface area contributed by atoms with Gasteiger partial charge in [-0.05, 0) is 55.1 Å². The van der Waals surface area contributed by atoms with Crippen molar-refractivity contribution in [1.29, 1.82) is 0 Å². The van der Waals surface area contributed by atoms with E-state index < -0.39 is 0 Å². The Kier molecular flexibility index (Phi) is 1.97. The van der Waals surface area contributed by atoms with Gasteiger partial charge in [-0.1, -0.05) is 11.2 Å². The lowest BCUT2D eigenvalue weighted by Gasteiger charge is -2.07. The molecule has 20 heavy (non-hydrogen) atoms. The first-order valence-corrected chi connectivity index (χ1v) is 7.51. The fourth-order valence-corrected chi connectivity index (χ4v) is 5.00. The predicted molar refractivity (Wildman–Crippen MR) is 74.7 cm³/mol. The van der Waals surface area contributed by atoms with E-state index in [-0.39, 0.29) is 0 Å². The van der Waals surface area contributed by atoms with Gasteiger partial charge >= 0.3 is 0 Å². The minimum Gasteiger partial charge on any atom is -0.367 e. The molecule has 0 amide bonds. The standard InChI is InChI=1S/C16H17N3O/c17-16-13(10-3-1-2-6-18-10)15(19-20-16)14-11-8-4-5-9(7-8)12(11)14/h1-3,6,8-9,11-12,14H,4-5,7,17H2. The Hall–Kier alpha value is -1.84. The Morgan fingerprint density at radius 2 is 1.95 bits per heavy atom. The zero-order valence-corrected chi connectivity index (χ0v) is 11.2. The van der Waals surface area contributed by atoms with Crippen LogP contribution in [0.5, 0.6) is 0 Å². The molecule has 3 fully saturated rings. The fourth-order valence-electron chi connectivity index (χ4n) is 5.00. The summed E-state index contributed by atoms with van der Waals surface area (Å²) in [6.45, 7) is 0. The third-order valence-electron chi connectivity index (χ3n) is 5.72. The topological polar surface area (TPSA) is 64.9 Å². The molecule has 2 bridgehead atoms. The molecule has 0 aliphatic heterocycles. The number of anilines is 1. The molecular formula is C16H17N3O. The molecule has 2 heterocycles. The lowest BCUT2D eigenvalue weighted by Crippen LogP contribution is -2.00. The lowest BCUT2D eigenvalue weighted by atomic mass is 9.97. The summed E-state index contributed by atoms with van der Waals surface area (Å²) in [5.41, 5.74) is 8.89. The average molecular weight is 267 g/mol. The number of rotatable bonds is 2. The van der Waals surface area contributed by atoms with Crippen molar-refractivity contribution in [3.05, 3.63) is 30.1 Å². The number of fused-ring (bicyclic) bond motifs is 5. The summed E-state index contributed by atoms with van der Waals surface area (Å²) < 4.78 is 5.30. The van der Waals surface area contributed by atoms with Crippen molar-refractivity contribution in [3.63, 3.8) is 0 Å². The van der Waals surface area contributed by atoms with Crippen LogP contribution in [0.15, 0.2) is 28.9 Å². The van der Waals surface area contributed by atoms with Crippen molar-refractivity contribution in [2.45, 2.75) is 25.2 Å². The second-order valence-electron chi connectivity index (χ2n) is 6.54. The summed E-state index contributed by atoms with van der Waals surface area (Å²) in [5, 5.41) is 4.29. The molecular weight excluding hydrogens is 250 g/mol. The van der Waals surface area contributed by atoms with Crippen molar-refractivity contribution in [2.75, 3.05) is 5.73 Å². The first-order chi connectivity index (χ1) is 9.84. The minimum atomic E-state index is 0.413. The van der Waals surface area contributed by atoms with Gasteiger partial charge in [0.15, 0.2) is 0 Å². The predicted octanol–water partition coefficient (Wildman–Crippen LogP) is 3.08. The average Bonchev–Trinajstić information content (AvgIpc) is 2.80. The first kappa shape index (κ1) is 10.9. The van der Waals surface area contributed by atoms with Gasteiger partial charge in [0.25, 0.3) is 0 Å². The zero-order chi connectivity index (χ0) is 13.3. The van der Waals surface area contributed by atoms with E-state index in [1.807, 2.05) is 18.2 Å². The summed E-state index contributed by atoms with van der Waals surface area (Å²) in [4.78, 5) is 4.42. The molecule has 4 heteroatoms. The first-order valence-electron chi connectivity index (χ1n) is 7.51. The SMILES string of the molecule is Nc1onc(C2C3C4CCC(C4)C23)c1-c1ccccn1. The lowest BCUT2D eigenvalue weighted by molar-refractivity contribution is 0.417. The van der Waals surface area contributed by atoms with Gasteiger partial charge in [-0.15, -0.1) is 0 Å². The summed E-state index contributed by atoms with van der Waals surface area (Å²) in [5.74, 6) is 4.49. The number of aromatic nitrogens is 2. The molecule has 4 atom stereocenters. The minimum absolute atomic E-state index is 0.413. The van der Waals surface area contributed by atoms with Crippen LogP contribution in [0.1, 0.15) is 30.9 Å². The van der Waals surface area contributed by atoms with Gasteiger partial charge in [0.2, 0.25) is 5.88 Å². The van der Waals surface area contributed by atoms with E-state index in [1.165, 1.54) is 19.3 Å². The molecule has 0 radical (unpaired) electrons. The van der Waals surface area contributed by atoms with Crippen LogP contribution >= 0.6 is 0 Å². The fraction of sp³-hybridized carbons (Fsp3) is 0.500. The molecule has 3 aliphatic rings. The molecule has 4 unspecified atom stereocenters. The molecule has 2 aromatic rings. The maximum absolute atomic E-state index is 6.01. The number of hydrogen-bond acceptors (Lipinski definition) is 4. The molecule has 0 saturated heterocycles. The number of nitrogens with two attached hydrogens (primary N) is 1. The van der Waals surface area contributed by atoms with E-state index in [2.05, 4.69) is 10.1 Å². The van der Waals surface area contributed by atoms with E-state index in [0.717, 1.165) is 40.6 Å². The quantitative estimate of drug-likeness (QED) is 0.908. The normalized spacial score (nSPS) is 37.1. The highest BCUT2D eigenvalue weighted by molar-refractivity contribution is 5.73. The second-order valence-corrected chi connectivity index (χ2v) is 6.54. The van der Waals surface area contributed by atoms with Crippen LogP contribution in [0.25, 0.3) is 11.3 Å². The largest absolute Gasteiger partial charge is 0.367 e. The van der Waals surface area contributed by atoms with Crippen LogP contribution < -0.4 is 5.73 Å². The third kappa shape index (κ3) is 1.27. The van der Waals surface area contributed by atoms with E-state index in [1.54, 1.807) is 6.20 Å². The monoisotopic (exact) mass is 267 g/mol. The summed E-state index contributed by atoms with van der Waals surface area (Å²) >= 11 is 0. The van der Waals surface area contributed by atoms with Gasteiger partial charge in [0.1, 0.15) is 0 Å². The Morgan fingerprint density at radius 1 is 1.15 bits per heavy atom. The van der Waals surface area contributed by atoms with E-state index >= 15 is 0 Å². The highest BCUT2D eigenvalue weighted by Crippen LogP contribution is 2.73.